The molecule has 0 aliphatic rings. The number of hydrogen-bond acceptors (Lipinski definition) is 1. The van der Waals surface area contributed by atoms with Crippen molar-refractivity contribution in [3.05, 3.63) is 11.4 Å². The van der Waals surface area contributed by atoms with Gasteiger partial charge in [-0.15, -0.1) is 0 Å². The second kappa shape index (κ2) is 1.74. The molecule has 0 amide bonds. The highest BCUT2D eigenvalue weighted by atomic mass is 14.9. The van der Waals surface area contributed by atoms with Gasteiger partial charge in [-0.25, -0.2) is 6.57 Å². The van der Waals surface area contributed by atoms with Gasteiger partial charge in [0.1, 0.15) is 0 Å². The smallest absolute Gasteiger partial charge is 0.272 e. The first kappa shape index (κ1) is 4.45. The Bertz CT molecular complexity index is 50.4. The fourth-order valence-corrected chi connectivity index (χ4v) is 0. The molecule has 2 heteroatoms. The molecule has 0 rings (SSSR count). The third-order valence-corrected chi connectivity index (χ3v) is 0.204. The summed E-state index contributed by atoms with van der Waals surface area (Å²) in [5.41, 5.74) is 4.94. The van der Waals surface area contributed by atoms with Gasteiger partial charge in [-0.05, 0) is 0 Å². The highest BCUT2D eigenvalue weighted by molar-refractivity contribution is 4.62. The number of hydrogen-bond donors (Lipinski definition) is 1. The largest absolute Gasteiger partial charge is 0.297 e. The fraction of sp³-hybridized carbons (Fsp3) is 0.667. The summed E-state index contributed by atoms with van der Waals surface area (Å²) < 4.78 is 0. The van der Waals surface area contributed by atoms with Crippen LogP contribution in [0.3, 0.4) is 0 Å². The van der Waals surface area contributed by atoms with Gasteiger partial charge in [-0.3, -0.25) is 10.6 Å². The van der Waals surface area contributed by atoms with E-state index in [4.69, 9.17) is 12.3 Å². The van der Waals surface area contributed by atoms with E-state index in [-0.39, 0.29) is 6.17 Å². The number of rotatable bonds is 0. The Morgan fingerprint density at radius 1 is 2.00 bits per heavy atom. The van der Waals surface area contributed by atoms with Crippen molar-refractivity contribution >= 4 is 0 Å². The fourth-order valence-electron chi connectivity index (χ4n) is 0. The molecule has 0 saturated heterocycles. The van der Waals surface area contributed by atoms with Crippen LogP contribution in [0.5, 0.6) is 0 Å². The van der Waals surface area contributed by atoms with Gasteiger partial charge >= 0.3 is 0 Å². The van der Waals surface area contributed by atoms with Crippen molar-refractivity contribution < 1.29 is 0 Å². The van der Waals surface area contributed by atoms with E-state index in [1.165, 1.54) is 0 Å². The summed E-state index contributed by atoms with van der Waals surface area (Å²) in [5, 5.41) is 0. The van der Waals surface area contributed by atoms with Gasteiger partial charge in [0.25, 0.3) is 6.17 Å². The van der Waals surface area contributed by atoms with Crippen LogP contribution in [0, 0.1) is 6.57 Å². The Morgan fingerprint density at radius 2 is 2.20 bits per heavy atom. The van der Waals surface area contributed by atoms with E-state index in [0.717, 1.165) is 0 Å². The molecule has 0 radical (unpaired) electrons. The molecule has 0 unspecified atom stereocenters. The monoisotopic (exact) mass is 70.1 g/mol. The summed E-state index contributed by atoms with van der Waals surface area (Å²) in [6, 6.07) is 0. The highest BCUT2D eigenvalue weighted by Gasteiger charge is 1.82. The Labute approximate surface area is 31.4 Å². The molecule has 2 N–H and O–H groups in total. The molecule has 0 aromatic carbocycles. The molecular weight excluding hydrogens is 64.0 g/mol. The van der Waals surface area contributed by atoms with Crippen LogP contribution in [-0.4, -0.2) is 6.17 Å². The standard InChI is InChI=1S/C3H6N2/c1-3(4)5-2/h3H,4H2,1H3/t3-/m1/s1. The lowest BCUT2D eigenvalue weighted by atomic mass is 10.7. The van der Waals surface area contributed by atoms with Gasteiger partial charge in [0.15, 0.2) is 0 Å². The van der Waals surface area contributed by atoms with Crippen molar-refractivity contribution in [2.24, 2.45) is 5.73 Å². The van der Waals surface area contributed by atoms with Crippen molar-refractivity contribution in [2.75, 3.05) is 0 Å². The molecule has 0 spiro atoms. The summed E-state index contributed by atoms with van der Waals surface area (Å²) in [6.07, 6.45) is -0.324. The number of nitrogens with zero attached hydrogens (tertiary/aromatic N) is 1. The van der Waals surface area contributed by atoms with Crippen LogP contribution in [0.25, 0.3) is 4.85 Å². The van der Waals surface area contributed by atoms with Crippen LogP contribution in [0.4, 0.5) is 0 Å². The molecule has 0 fully saturated rings. The van der Waals surface area contributed by atoms with Gasteiger partial charge in [0.05, 0.1) is 0 Å². The molecule has 1 atom stereocenters. The predicted molar refractivity (Wildman–Crippen MR) is 20.3 cm³/mol. The highest BCUT2D eigenvalue weighted by Crippen LogP contribution is 1.67. The Morgan fingerprint density at radius 3 is 2.20 bits per heavy atom. The minimum absolute atomic E-state index is 0.324. The van der Waals surface area contributed by atoms with E-state index in [2.05, 4.69) is 4.85 Å². The third kappa shape index (κ3) is 3.45. The molecule has 0 aromatic heterocycles. The van der Waals surface area contributed by atoms with Gasteiger partial charge in [0, 0.05) is 6.92 Å². The first-order chi connectivity index (χ1) is 2.27. The molecule has 0 aliphatic heterocycles. The minimum atomic E-state index is -0.324. The summed E-state index contributed by atoms with van der Waals surface area (Å²) in [4.78, 5) is 2.92. The predicted octanol–water partition coefficient (Wildman–Crippen LogP) is 0.210. The van der Waals surface area contributed by atoms with Gasteiger partial charge in [-0.1, -0.05) is 0 Å². The van der Waals surface area contributed by atoms with Crippen LogP contribution in [0.15, 0.2) is 0 Å². The molecule has 0 aromatic rings. The maximum atomic E-state index is 6.16. The van der Waals surface area contributed by atoms with E-state index in [0.29, 0.717) is 0 Å². The second-order valence-corrected chi connectivity index (χ2v) is 0.870. The zero-order valence-corrected chi connectivity index (χ0v) is 3.10. The lowest BCUT2D eigenvalue weighted by Gasteiger charge is -1.76. The second-order valence-electron chi connectivity index (χ2n) is 0.870. The Balaban J connectivity index is 2.94. The number of nitrogens with two attached hydrogens (primary N) is 1. The van der Waals surface area contributed by atoms with Crippen LogP contribution >= 0.6 is 0 Å². The summed E-state index contributed by atoms with van der Waals surface area (Å²) >= 11 is 0. The summed E-state index contributed by atoms with van der Waals surface area (Å²) in [5.74, 6) is 0. The SMILES string of the molecule is [C-]#[N+][C@H](C)N. The van der Waals surface area contributed by atoms with E-state index in [1.54, 1.807) is 6.92 Å². The first-order valence-corrected chi connectivity index (χ1v) is 1.39. The molecule has 0 aliphatic carbocycles. The van der Waals surface area contributed by atoms with Gasteiger partial charge in [-0.2, -0.15) is 0 Å². The molecular formula is C3H6N2. The zero-order valence-electron chi connectivity index (χ0n) is 3.10. The first-order valence-electron chi connectivity index (χ1n) is 1.39. The van der Waals surface area contributed by atoms with Crippen molar-refractivity contribution in [1.82, 2.24) is 0 Å². The topological polar surface area (TPSA) is 30.4 Å². The molecule has 2 nitrogen and oxygen atoms in total. The quantitative estimate of drug-likeness (QED) is 0.406. The van der Waals surface area contributed by atoms with E-state index in [9.17, 15) is 0 Å². The van der Waals surface area contributed by atoms with E-state index >= 15 is 0 Å². The van der Waals surface area contributed by atoms with Crippen LogP contribution < -0.4 is 5.73 Å². The van der Waals surface area contributed by atoms with Crippen LogP contribution in [0.2, 0.25) is 0 Å². The van der Waals surface area contributed by atoms with Crippen LogP contribution in [0.1, 0.15) is 6.92 Å². The lowest BCUT2D eigenvalue weighted by Crippen LogP contribution is -2.07. The van der Waals surface area contributed by atoms with Crippen molar-refractivity contribution in [1.29, 1.82) is 0 Å². The van der Waals surface area contributed by atoms with Crippen molar-refractivity contribution in [3.8, 4) is 0 Å². The lowest BCUT2D eigenvalue weighted by molar-refractivity contribution is 0.920. The van der Waals surface area contributed by atoms with Gasteiger partial charge < -0.3 is 0 Å². The summed E-state index contributed by atoms with van der Waals surface area (Å²) in [7, 11) is 0. The van der Waals surface area contributed by atoms with E-state index < -0.39 is 0 Å². The molecule has 0 bridgehead atoms. The summed E-state index contributed by atoms with van der Waals surface area (Å²) in [6.45, 7) is 7.80. The van der Waals surface area contributed by atoms with Gasteiger partial charge in [0.2, 0.25) is 0 Å². The molecule has 0 saturated carbocycles. The zero-order chi connectivity index (χ0) is 4.28. The average Bonchev–Trinajstić information content (AvgIpc) is 1.38. The maximum absolute atomic E-state index is 6.16. The minimum Gasteiger partial charge on any atom is -0.297 e. The average molecular weight is 70.1 g/mol. The van der Waals surface area contributed by atoms with Crippen LogP contribution in [-0.2, 0) is 0 Å². The van der Waals surface area contributed by atoms with E-state index in [1.807, 2.05) is 0 Å². The van der Waals surface area contributed by atoms with Crippen molar-refractivity contribution in [2.45, 2.75) is 13.1 Å². The van der Waals surface area contributed by atoms with Crippen molar-refractivity contribution in [3.63, 3.8) is 0 Å². The Hall–Kier alpha value is -0.550. The Kier molecular flexibility index (Phi) is 1.55. The molecule has 28 valence electrons. The molecule has 5 heavy (non-hydrogen) atoms. The third-order valence-electron chi connectivity index (χ3n) is 0.204. The normalized spacial score (nSPS) is 13.0. The maximum Gasteiger partial charge on any atom is 0.272 e. The molecule has 0 heterocycles.